The molecule has 2 aromatic heterocycles. The monoisotopic (exact) mass is 382 g/mol. The molecule has 1 atom stereocenters. The van der Waals surface area contributed by atoms with Crippen molar-refractivity contribution in [2.75, 3.05) is 18.4 Å². The summed E-state index contributed by atoms with van der Waals surface area (Å²) >= 11 is 1.43. The van der Waals surface area contributed by atoms with Gasteiger partial charge in [-0.25, -0.2) is 0 Å². The Morgan fingerprint density at radius 2 is 2.19 bits per heavy atom. The van der Waals surface area contributed by atoms with Crippen LogP contribution in [0, 0.1) is 5.92 Å². The number of carbonyl (C=O) groups excluding carboxylic acids is 2. The highest BCUT2D eigenvalue weighted by atomic mass is 32.1. The van der Waals surface area contributed by atoms with Crippen molar-refractivity contribution in [3.63, 3.8) is 0 Å². The summed E-state index contributed by atoms with van der Waals surface area (Å²) in [6.45, 7) is 1.12. The Balaban J connectivity index is 1.42. The molecule has 3 heterocycles. The number of rotatable bonds is 4. The largest absolute Gasteiger partial charge is 0.423 e. The predicted molar refractivity (Wildman–Crippen MR) is 101 cm³/mol. The number of aromatic nitrogens is 2. The van der Waals surface area contributed by atoms with Crippen molar-refractivity contribution in [1.29, 1.82) is 0 Å². The molecule has 1 fully saturated rings. The maximum atomic E-state index is 12.7. The van der Waals surface area contributed by atoms with Crippen molar-refractivity contribution in [3.05, 3.63) is 53.0 Å². The Labute approximate surface area is 160 Å². The summed E-state index contributed by atoms with van der Waals surface area (Å²) in [7, 11) is 0. The van der Waals surface area contributed by atoms with Crippen molar-refractivity contribution >= 4 is 28.8 Å². The quantitative estimate of drug-likeness (QED) is 0.748. The normalized spacial score (nSPS) is 16.9. The van der Waals surface area contributed by atoms with Gasteiger partial charge in [0, 0.05) is 24.3 Å². The summed E-state index contributed by atoms with van der Waals surface area (Å²) in [5.74, 6) is 0.0912. The van der Waals surface area contributed by atoms with Gasteiger partial charge in [-0.3, -0.25) is 9.59 Å². The van der Waals surface area contributed by atoms with Gasteiger partial charge in [0.15, 0.2) is 0 Å². The van der Waals surface area contributed by atoms with Crippen molar-refractivity contribution < 1.29 is 14.0 Å². The highest BCUT2D eigenvalue weighted by molar-refractivity contribution is 7.12. The Bertz CT molecular complexity index is 924. The lowest BCUT2D eigenvalue weighted by atomic mass is 9.96. The summed E-state index contributed by atoms with van der Waals surface area (Å²) in [5, 5.41) is 12.4. The zero-order chi connectivity index (χ0) is 18.6. The van der Waals surface area contributed by atoms with E-state index in [0.717, 1.165) is 18.4 Å². The maximum absolute atomic E-state index is 12.7. The van der Waals surface area contributed by atoms with Gasteiger partial charge in [0.1, 0.15) is 0 Å². The van der Waals surface area contributed by atoms with Crippen LogP contribution in [0.25, 0.3) is 11.5 Å². The number of likely N-dealkylation sites (tertiary alicyclic amines) is 1. The first kappa shape index (κ1) is 17.4. The number of anilines is 1. The molecule has 3 aromatic rings. The van der Waals surface area contributed by atoms with Crippen LogP contribution in [0.1, 0.15) is 22.5 Å². The molecule has 1 aliphatic rings. The fraction of sp³-hybridized carbons (Fsp3) is 0.263. The average Bonchev–Trinajstić information content (AvgIpc) is 3.42. The molecule has 1 N–H and O–H groups in total. The minimum Gasteiger partial charge on any atom is -0.423 e. The second-order valence-corrected chi connectivity index (χ2v) is 7.33. The van der Waals surface area contributed by atoms with Crippen LogP contribution in [0.3, 0.4) is 0 Å². The topological polar surface area (TPSA) is 88.3 Å². The second-order valence-electron chi connectivity index (χ2n) is 6.38. The lowest BCUT2D eigenvalue weighted by molar-refractivity contribution is -0.121. The van der Waals surface area contributed by atoms with Crippen LogP contribution in [-0.2, 0) is 4.79 Å². The highest BCUT2D eigenvalue weighted by Crippen LogP contribution is 2.24. The molecule has 1 aliphatic heterocycles. The first-order valence-corrected chi connectivity index (χ1v) is 9.59. The van der Waals surface area contributed by atoms with Crippen LogP contribution in [0.2, 0.25) is 0 Å². The smallest absolute Gasteiger partial charge is 0.263 e. The molecule has 1 aromatic carbocycles. The number of nitrogens with one attached hydrogen (secondary N) is 1. The predicted octanol–water partition coefficient (Wildman–Crippen LogP) is 3.29. The molecule has 0 radical (unpaired) electrons. The van der Waals surface area contributed by atoms with Crippen LogP contribution in [-0.4, -0.2) is 40.0 Å². The van der Waals surface area contributed by atoms with E-state index in [1.165, 1.54) is 17.7 Å². The fourth-order valence-corrected chi connectivity index (χ4v) is 3.90. The van der Waals surface area contributed by atoms with Crippen LogP contribution in [0.4, 0.5) is 5.69 Å². The molecule has 0 bridgehead atoms. The number of benzene rings is 1. The van der Waals surface area contributed by atoms with E-state index in [4.69, 9.17) is 4.42 Å². The standard InChI is InChI=1S/C19H18N4O3S/c24-17(21-15-6-1-4-13(10-15)18-22-20-12-26-18)14-5-2-8-23(11-14)19(25)16-7-3-9-27-16/h1,3-4,6-7,9-10,12,14H,2,5,8,11H2,(H,21,24)/t14-/m1/s1. The van der Waals surface area contributed by atoms with E-state index < -0.39 is 0 Å². The lowest BCUT2D eigenvalue weighted by Crippen LogP contribution is -2.43. The highest BCUT2D eigenvalue weighted by Gasteiger charge is 2.29. The molecule has 2 amide bonds. The van der Waals surface area contributed by atoms with Gasteiger partial charge in [0.25, 0.3) is 5.91 Å². The van der Waals surface area contributed by atoms with E-state index in [9.17, 15) is 9.59 Å². The third-order valence-corrected chi connectivity index (χ3v) is 5.41. The molecule has 4 rings (SSSR count). The van der Waals surface area contributed by atoms with Crippen LogP contribution in [0.5, 0.6) is 0 Å². The molecule has 8 heteroatoms. The first-order chi connectivity index (χ1) is 13.2. The van der Waals surface area contributed by atoms with Gasteiger partial charge >= 0.3 is 0 Å². The zero-order valence-corrected chi connectivity index (χ0v) is 15.3. The average molecular weight is 382 g/mol. The van der Waals surface area contributed by atoms with E-state index in [1.807, 2.05) is 35.7 Å². The summed E-state index contributed by atoms with van der Waals surface area (Å²) in [5.41, 5.74) is 1.40. The van der Waals surface area contributed by atoms with Gasteiger partial charge in [0.2, 0.25) is 18.2 Å². The molecule has 1 saturated heterocycles. The van der Waals surface area contributed by atoms with E-state index >= 15 is 0 Å². The van der Waals surface area contributed by atoms with Gasteiger partial charge in [0.05, 0.1) is 10.8 Å². The maximum Gasteiger partial charge on any atom is 0.263 e. The number of piperidine rings is 1. The third kappa shape index (κ3) is 3.90. The number of nitrogens with zero attached hydrogens (tertiary/aromatic N) is 3. The van der Waals surface area contributed by atoms with Gasteiger partial charge in [-0.05, 0) is 42.5 Å². The fourth-order valence-electron chi connectivity index (χ4n) is 3.20. The van der Waals surface area contributed by atoms with Crippen molar-refractivity contribution in [3.8, 4) is 11.5 Å². The molecular formula is C19H18N4O3S. The SMILES string of the molecule is O=C(Nc1cccc(-c2nnco2)c1)[C@@H]1CCCN(C(=O)c2cccs2)C1. The van der Waals surface area contributed by atoms with Crippen LogP contribution in [0.15, 0.2) is 52.6 Å². The minimum absolute atomic E-state index is 0.000825. The van der Waals surface area contributed by atoms with E-state index in [2.05, 4.69) is 15.5 Å². The summed E-state index contributed by atoms with van der Waals surface area (Å²) in [6.07, 6.45) is 2.85. The number of amides is 2. The lowest BCUT2D eigenvalue weighted by Gasteiger charge is -2.31. The van der Waals surface area contributed by atoms with Crippen molar-refractivity contribution in [1.82, 2.24) is 15.1 Å². The number of thiophene rings is 1. The Morgan fingerprint density at radius 1 is 1.26 bits per heavy atom. The Hall–Kier alpha value is -3.00. The van der Waals surface area contributed by atoms with Crippen LogP contribution >= 0.6 is 11.3 Å². The Morgan fingerprint density at radius 3 is 2.96 bits per heavy atom. The second kappa shape index (κ2) is 7.71. The molecule has 138 valence electrons. The molecule has 0 aliphatic carbocycles. The van der Waals surface area contributed by atoms with E-state index in [-0.39, 0.29) is 17.7 Å². The minimum atomic E-state index is -0.227. The molecule has 0 spiro atoms. The Kier molecular flexibility index (Phi) is 4.97. The third-order valence-electron chi connectivity index (χ3n) is 4.55. The first-order valence-electron chi connectivity index (χ1n) is 8.71. The van der Waals surface area contributed by atoms with Gasteiger partial charge < -0.3 is 14.6 Å². The molecule has 0 saturated carbocycles. The van der Waals surface area contributed by atoms with E-state index in [1.54, 1.807) is 11.0 Å². The van der Waals surface area contributed by atoms with Gasteiger partial charge in [-0.2, -0.15) is 0 Å². The summed E-state index contributed by atoms with van der Waals surface area (Å²) < 4.78 is 5.19. The molecule has 7 nitrogen and oxygen atoms in total. The van der Waals surface area contributed by atoms with Crippen molar-refractivity contribution in [2.45, 2.75) is 12.8 Å². The number of carbonyl (C=O) groups is 2. The van der Waals surface area contributed by atoms with E-state index in [0.29, 0.717) is 29.5 Å². The summed E-state index contributed by atoms with van der Waals surface area (Å²) in [6, 6.07) is 11.0. The summed E-state index contributed by atoms with van der Waals surface area (Å²) in [4.78, 5) is 27.8. The molecule has 27 heavy (non-hydrogen) atoms. The zero-order valence-electron chi connectivity index (χ0n) is 14.5. The molecule has 0 unspecified atom stereocenters. The molecular weight excluding hydrogens is 364 g/mol. The van der Waals surface area contributed by atoms with Crippen LogP contribution < -0.4 is 5.32 Å². The van der Waals surface area contributed by atoms with Crippen molar-refractivity contribution in [2.24, 2.45) is 5.92 Å². The van der Waals surface area contributed by atoms with Gasteiger partial charge in [-0.1, -0.05) is 12.1 Å². The van der Waals surface area contributed by atoms with Gasteiger partial charge in [-0.15, -0.1) is 21.5 Å². The number of hydrogen-bond donors (Lipinski definition) is 1. The number of hydrogen-bond acceptors (Lipinski definition) is 6.